The minimum Gasteiger partial charge on any atom is -0.366 e. The van der Waals surface area contributed by atoms with Gasteiger partial charge in [-0.1, -0.05) is 6.07 Å². The first-order valence-electron chi connectivity index (χ1n) is 5.50. The van der Waals surface area contributed by atoms with Gasteiger partial charge in [-0.3, -0.25) is 5.10 Å². The lowest BCUT2D eigenvalue weighted by atomic mass is 10.1. The summed E-state index contributed by atoms with van der Waals surface area (Å²) in [7, 11) is 0. The van der Waals surface area contributed by atoms with Crippen LogP contribution >= 0.6 is 0 Å². The zero-order valence-electron chi connectivity index (χ0n) is 9.00. The van der Waals surface area contributed by atoms with E-state index in [4.69, 9.17) is 0 Å². The van der Waals surface area contributed by atoms with E-state index in [1.165, 1.54) is 12.1 Å². The number of nitrogens with zero attached hydrogens (tertiary/aromatic N) is 1. The molecule has 0 amide bonds. The molecular weight excluding hydrogens is 224 g/mol. The number of rotatable bonds is 3. The van der Waals surface area contributed by atoms with Gasteiger partial charge in [-0.2, -0.15) is 5.10 Å². The van der Waals surface area contributed by atoms with Crippen LogP contribution in [0.15, 0.2) is 24.3 Å². The summed E-state index contributed by atoms with van der Waals surface area (Å²) < 4.78 is 26.6. The highest BCUT2D eigenvalue weighted by Gasteiger charge is 2.22. The van der Waals surface area contributed by atoms with Crippen molar-refractivity contribution in [3.63, 3.8) is 0 Å². The predicted octanol–water partition coefficient (Wildman–Crippen LogP) is 2.93. The average Bonchev–Trinajstić information content (AvgIpc) is 3.00. The third kappa shape index (κ3) is 2.00. The molecule has 1 aromatic carbocycles. The third-order valence-electron chi connectivity index (χ3n) is 2.75. The molecule has 1 aliphatic rings. The quantitative estimate of drug-likeness (QED) is 0.858. The fourth-order valence-electron chi connectivity index (χ4n) is 1.68. The molecule has 1 aliphatic carbocycles. The summed E-state index contributed by atoms with van der Waals surface area (Å²) in [5.41, 5.74) is 0.673. The van der Waals surface area contributed by atoms with Crippen molar-refractivity contribution in [2.75, 3.05) is 5.32 Å². The Bertz CT molecular complexity index is 546. The van der Waals surface area contributed by atoms with Gasteiger partial charge in [0.1, 0.15) is 5.82 Å². The molecule has 3 nitrogen and oxygen atoms in total. The minimum absolute atomic E-state index is 0.196. The molecule has 1 fully saturated rings. The van der Waals surface area contributed by atoms with Crippen LogP contribution in [-0.2, 0) is 0 Å². The lowest BCUT2D eigenvalue weighted by molar-refractivity contribution is 0.511. The number of aromatic amines is 1. The SMILES string of the molecule is Fc1cccc(-c2cc(NC3CC3)n[nH]2)c1F. The first kappa shape index (κ1) is 10.3. The maximum atomic E-state index is 13.5. The smallest absolute Gasteiger partial charge is 0.168 e. The lowest BCUT2D eigenvalue weighted by Gasteiger charge is -2.00. The van der Waals surface area contributed by atoms with E-state index >= 15 is 0 Å². The number of halogens is 2. The highest BCUT2D eigenvalue weighted by molar-refractivity contribution is 5.63. The second-order valence-electron chi connectivity index (χ2n) is 4.19. The summed E-state index contributed by atoms with van der Waals surface area (Å²) in [6.07, 6.45) is 2.27. The number of nitrogens with one attached hydrogen (secondary N) is 2. The van der Waals surface area contributed by atoms with Gasteiger partial charge in [0.15, 0.2) is 11.6 Å². The van der Waals surface area contributed by atoms with E-state index in [0.29, 0.717) is 17.6 Å². The van der Waals surface area contributed by atoms with Crippen LogP contribution in [0.5, 0.6) is 0 Å². The van der Waals surface area contributed by atoms with E-state index < -0.39 is 11.6 Å². The van der Waals surface area contributed by atoms with Gasteiger partial charge in [0.2, 0.25) is 0 Å². The molecule has 88 valence electrons. The molecule has 5 heteroatoms. The van der Waals surface area contributed by atoms with Gasteiger partial charge < -0.3 is 5.32 Å². The Kier molecular flexibility index (Phi) is 2.31. The van der Waals surface area contributed by atoms with Crippen LogP contribution in [-0.4, -0.2) is 16.2 Å². The zero-order chi connectivity index (χ0) is 11.8. The Morgan fingerprint density at radius 1 is 1.29 bits per heavy atom. The number of hydrogen-bond acceptors (Lipinski definition) is 2. The standard InChI is InChI=1S/C12H11F2N3/c13-9-3-1-2-8(12(9)14)10-6-11(17-16-10)15-7-4-5-7/h1-3,6-7H,4-5H2,(H2,15,16,17). The van der Waals surface area contributed by atoms with Crippen LogP contribution < -0.4 is 5.32 Å². The van der Waals surface area contributed by atoms with Gasteiger partial charge in [0, 0.05) is 17.7 Å². The van der Waals surface area contributed by atoms with E-state index in [0.717, 1.165) is 18.9 Å². The second-order valence-corrected chi connectivity index (χ2v) is 4.19. The molecule has 2 aromatic rings. The van der Waals surface area contributed by atoms with Crippen molar-refractivity contribution >= 4 is 5.82 Å². The van der Waals surface area contributed by atoms with Crippen LogP contribution in [0.2, 0.25) is 0 Å². The third-order valence-corrected chi connectivity index (χ3v) is 2.75. The fraction of sp³-hybridized carbons (Fsp3) is 0.250. The Hall–Kier alpha value is -1.91. The monoisotopic (exact) mass is 235 g/mol. The van der Waals surface area contributed by atoms with Crippen LogP contribution in [0, 0.1) is 11.6 Å². The van der Waals surface area contributed by atoms with E-state index in [9.17, 15) is 8.78 Å². The van der Waals surface area contributed by atoms with Crippen molar-refractivity contribution < 1.29 is 8.78 Å². The van der Waals surface area contributed by atoms with Gasteiger partial charge in [-0.05, 0) is 25.0 Å². The predicted molar refractivity (Wildman–Crippen MR) is 60.6 cm³/mol. The summed E-state index contributed by atoms with van der Waals surface area (Å²) in [4.78, 5) is 0. The molecule has 0 spiro atoms. The molecule has 0 saturated heterocycles. The van der Waals surface area contributed by atoms with Crippen molar-refractivity contribution in [3.05, 3.63) is 35.9 Å². The largest absolute Gasteiger partial charge is 0.366 e. The molecule has 1 aromatic heterocycles. The molecule has 0 bridgehead atoms. The van der Waals surface area contributed by atoms with Gasteiger partial charge in [0.05, 0.1) is 5.69 Å². The maximum absolute atomic E-state index is 13.5. The minimum atomic E-state index is -0.853. The van der Waals surface area contributed by atoms with E-state index in [-0.39, 0.29) is 5.56 Å². The molecule has 1 heterocycles. The van der Waals surface area contributed by atoms with Gasteiger partial charge in [0.25, 0.3) is 0 Å². The van der Waals surface area contributed by atoms with Crippen molar-refractivity contribution in [3.8, 4) is 11.3 Å². The normalized spacial score (nSPS) is 14.9. The second kappa shape index (κ2) is 3.84. The van der Waals surface area contributed by atoms with E-state index in [1.54, 1.807) is 6.07 Å². The van der Waals surface area contributed by atoms with Crippen molar-refractivity contribution in [2.45, 2.75) is 18.9 Å². The highest BCUT2D eigenvalue weighted by Crippen LogP contribution is 2.27. The Labute approximate surface area is 96.9 Å². The van der Waals surface area contributed by atoms with E-state index in [2.05, 4.69) is 15.5 Å². The number of aromatic nitrogens is 2. The molecule has 0 atom stereocenters. The number of benzene rings is 1. The summed E-state index contributed by atoms with van der Waals surface area (Å²) in [6, 6.07) is 6.26. The summed E-state index contributed by atoms with van der Waals surface area (Å²) >= 11 is 0. The van der Waals surface area contributed by atoms with Gasteiger partial charge >= 0.3 is 0 Å². The summed E-state index contributed by atoms with van der Waals surface area (Å²) in [5.74, 6) is -1.03. The average molecular weight is 235 g/mol. The molecule has 1 saturated carbocycles. The fourth-order valence-corrected chi connectivity index (χ4v) is 1.68. The Balaban J connectivity index is 1.91. The van der Waals surface area contributed by atoms with Crippen LogP contribution in [0.1, 0.15) is 12.8 Å². The highest BCUT2D eigenvalue weighted by atomic mass is 19.2. The zero-order valence-corrected chi connectivity index (χ0v) is 9.00. The van der Waals surface area contributed by atoms with E-state index in [1.807, 2.05) is 0 Å². The van der Waals surface area contributed by atoms with Gasteiger partial charge in [-0.15, -0.1) is 0 Å². The van der Waals surface area contributed by atoms with Gasteiger partial charge in [-0.25, -0.2) is 8.78 Å². The molecule has 2 N–H and O–H groups in total. The number of H-pyrrole nitrogens is 1. The van der Waals surface area contributed by atoms with Crippen LogP contribution in [0.4, 0.5) is 14.6 Å². The molecule has 0 aliphatic heterocycles. The van der Waals surface area contributed by atoms with Crippen molar-refractivity contribution in [2.24, 2.45) is 0 Å². The maximum Gasteiger partial charge on any atom is 0.168 e. The summed E-state index contributed by atoms with van der Waals surface area (Å²) in [5, 5.41) is 9.90. The summed E-state index contributed by atoms with van der Waals surface area (Å²) in [6.45, 7) is 0. The van der Waals surface area contributed by atoms with Crippen molar-refractivity contribution in [1.82, 2.24) is 10.2 Å². The number of hydrogen-bond donors (Lipinski definition) is 2. The first-order chi connectivity index (χ1) is 8.24. The van der Waals surface area contributed by atoms with Crippen molar-refractivity contribution in [1.29, 1.82) is 0 Å². The molecule has 0 unspecified atom stereocenters. The first-order valence-corrected chi connectivity index (χ1v) is 5.50. The Morgan fingerprint density at radius 2 is 2.12 bits per heavy atom. The van der Waals surface area contributed by atoms with Crippen LogP contribution in [0.3, 0.4) is 0 Å². The molecule has 0 radical (unpaired) electrons. The molecule has 3 rings (SSSR count). The number of anilines is 1. The molecule has 17 heavy (non-hydrogen) atoms. The van der Waals surface area contributed by atoms with Crippen LogP contribution in [0.25, 0.3) is 11.3 Å². The lowest BCUT2D eigenvalue weighted by Crippen LogP contribution is -2.00. The molecular formula is C12H11F2N3. The topological polar surface area (TPSA) is 40.7 Å². The Morgan fingerprint density at radius 3 is 2.88 bits per heavy atom.